The van der Waals surface area contributed by atoms with E-state index in [4.69, 9.17) is 9.84 Å². The van der Waals surface area contributed by atoms with E-state index in [0.717, 1.165) is 11.1 Å². The van der Waals surface area contributed by atoms with Gasteiger partial charge >= 0.3 is 12.1 Å². The van der Waals surface area contributed by atoms with E-state index in [1.165, 1.54) is 11.1 Å². The highest BCUT2D eigenvalue weighted by Gasteiger charge is 2.65. The quantitative estimate of drug-likeness (QED) is 0.513. The van der Waals surface area contributed by atoms with E-state index < -0.39 is 23.6 Å². The summed E-state index contributed by atoms with van der Waals surface area (Å²) in [4.78, 5) is 35.8. The summed E-state index contributed by atoms with van der Waals surface area (Å²) in [5, 5.41) is 23.5. The Bertz CT molecular complexity index is 1070. The van der Waals surface area contributed by atoms with Gasteiger partial charge in [0.2, 0.25) is 5.91 Å². The highest BCUT2D eigenvalue weighted by atomic mass is 16.5. The van der Waals surface area contributed by atoms with Crippen LogP contribution in [0, 0.1) is 11.3 Å². The number of fused-ring (bicyclic) bond motifs is 4. The molecule has 2 amide bonds. The molecular weight excluding hydrogens is 424 g/mol. The average molecular weight is 450 g/mol. The molecule has 2 aromatic rings. The normalized spacial score (nSPS) is 25.4. The lowest BCUT2D eigenvalue weighted by Crippen LogP contribution is -2.41. The second kappa shape index (κ2) is 8.19. The van der Waals surface area contributed by atoms with Gasteiger partial charge < -0.3 is 25.6 Å². The summed E-state index contributed by atoms with van der Waals surface area (Å²) >= 11 is 0. The van der Waals surface area contributed by atoms with Crippen LogP contribution in [0.5, 0.6) is 0 Å². The van der Waals surface area contributed by atoms with Crippen LogP contribution in [0.25, 0.3) is 11.1 Å². The number of rotatable bonds is 7. The first-order chi connectivity index (χ1) is 15.9. The molecule has 0 saturated heterocycles. The summed E-state index contributed by atoms with van der Waals surface area (Å²) in [5.41, 5.74) is 4.04. The van der Waals surface area contributed by atoms with Gasteiger partial charge in [-0.05, 0) is 47.4 Å². The molecule has 3 aliphatic rings. The third-order valence-electron chi connectivity index (χ3n) is 7.27. The van der Waals surface area contributed by atoms with Gasteiger partial charge in [-0.15, -0.1) is 0 Å². The number of carboxylic acids is 1. The molecule has 0 heterocycles. The van der Waals surface area contributed by atoms with Gasteiger partial charge in [0.1, 0.15) is 6.61 Å². The summed E-state index contributed by atoms with van der Waals surface area (Å²) in [6.07, 6.45) is -0.250. The van der Waals surface area contributed by atoms with Gasteiger partial charge in [-0.1, -0.05) is 48.5 Å². The van der Waals surface area contributed by atoms with E-state index in [-0.39, 0.29) is 36.9 Å². The molecule has 0 spiro atoms. The second-order valence-corrected chi connectivity index (χ2v) is 9.23. The maximum Gasteiger partial charge on any atom is 0.407 e. The first-order valence-electron chi connectivity index (χ1n) is 11.2. The molecule has 3 aliphatic carbocycles. The molecule has 3 unspecified atom stereocenters. The number of aliphatic hydroxyl groups excluding tert-OH is 1. The summed E-state index contributed by atoms with van der Waals surface area (Å²) in [5.74, 6) is -1.50. The van der Waals surface area contributed by atoms with Crippen LogP contribution in [0.4, 0.5) is 4.79 Å². The fourth-order valence-electron chi connectivity index (χ4n) is 5.55. The summed E-state index contributed by atoms with van der Waals surface area (Å²) < 4.78 is 5.60. The predicted octanol–water partition coefficient (Wildman–Crippen LogP) is 2.26. The van der Waals surface area contributed by atoms with Gasteiger partial charge in [0, 0.05) is 12.0 Å². The SMILES string of the molecule is O=C(NC1CC2CC2(C(=O)NC[C@H](O)C(=O)O)C1)OCC1c2ccccc2-c2ccccc21. The largest absolute Gasteiger partial charge is 0.479 e. The molecule has 0 aromatic heterocycles. The van der Waals surface area contributed by atoms with Gasteiger partial charge in [-0.25, -0.2) is 9.59 Å². The van der Waals surface area contributed by atoms with Crippen LogP contribution in [-0.4, -0.2) is 53.5 Å². The standard InChI is InChI=1S/C25H26N2O6/c28-21(22(29)30)12-26-23(31)25-10-14(25)9-15(11-25)27-24(32)33-13-20-18-7-3-1-5-16(18)17-6-2-4-8-19(17)20/h1-8,14-15,20-21,28H,9-13H2,(H,26,31)(H,27,32)(H,29,30)/t14?,15?,21-,25?/m0/s1. The number of hydrogen-bond donors (Lipinski definition) is 4. The molecule has 2 saturated carbocycles. The Kier molecular flexibility index (Phi) is 5.32. The zero-order valence-corrected chi connectivity index (χ0v) is 18.0. The Morgan fingerprint density at radius 1 is 1.03 bits per heavy atom. The van der Waals surface area contributed by atoms with Crippen molar-refractivity contribution >= 4 is 18.0 Å². The third-order valence-corrected chi connectivity index (χ3v) is 7.27. The van der Waals surface area contributed by atoms with E-state index in [1.54, 1.807) is 0 Å². The van der Waals surface area contributed by atoms with Gasteiger partial charge in [-0.3, -0.25) is 4.79 Å². The van der Waals surface area contributed by atoms with Gasteiger partial charge in [-0.2, -0.15) is 0 Å². The summed E-state index contributed by atoms with van der Waals surface area (Å²) in [6.45, 7) is -0.0954. The van der Waals surface area contributed by atoms with Gasteiger partial charge in [0.25, 0.3) is 0 Å². The fraction of sp³-hybridized carbons (Fsp3) is 0.400. The average Bonchev–Trinajstić information content (AvgIpc) is 3.24. The van der Waals surface area contributed by atoms with Crippen LogP contribution >= 0.6 is 0 Å². The highest BCUT2D eigenvalue weighted by Crippen LogP contribution is 2.63. The minimum atomic E-state index is -1.63. The molecule has 8 heteroatoms. The first kappa shape index (κ1) is 21.5. The molecule has 0 radical (unpaired) electrons. The number of benzene rings is 2. The third kappa shape index (κ3) is 3.84. The molecule has 4 N–H and O–H groups in total. The van der Waals surface area contributed by atoms with E-state index in [9.17, 15) is 19.5 Å². The smallest absolute Gasteiger partial charge is 0.407 e. The number of aliphatic hydroxyl groups is 1. The monoisotopic (exact) mass is 450 g/mol. The number of carbonyl (C=O) groups excluding carboxylic acids is 2. The Labute approximate surface area is 191 Å². The minimum Gasteiger partial charge on any atom is -0.479 e. The Morgan fingerprint density at radius 2 is 1.67 bits per heavy atom. The highest BCUT2D eigenvalue weighted by molar-refractivity contribution is 5.87. The lowest BCUT2D eigenvalue weighted by molar-refractivity contribution is -0.146. The Balaban J connectivity index is 1.15. The number of hydrogen-bond acceptors (Lipinski definition) is 5. The zero-order chi connectivity index (χ0) is 23.2. The number of carbonyl (C=O) groups is 3. The van der Waals surface area contributed by atoms with E-state index in [1.807, 2.05) is 24.3 Å². The van der Waals surface area contributed by atoms with Crippen molar-refractivity contribution in [2.45, 2.75) is 37.3 Å². The Morgan fingerprint density at radius 3 is 2.30 bits per heavy atom. The van der Waals surface area contributed by atoms with Gasteiger partial charge in [0.05, 0.1) is 12.0 Å². The fourth-order valence-corrected chi connectivity index (χ4v) is 5.55. The number of ether oxygens (including phenoxy) is 1. The number of amides is 2. The van der Waals surface area contributed by atoms with Crippen molar-refractivity contribution in [3.8, 4) is 11.1 Å². The minimum absolute atomic E-state index is 0.0158. The number of alkyl carbamates (subject to hydrolysis) is 1. The molecular formula is C25H26N2O6. The van der Waals surface area contributed by atoms with Crippen LogP contribution in [-0.2, 0) is 14.3 Å². The van der Waals surface area contributed by atoms with Crippen molar-refractivity contribution in [1.29, 1.82) is 0 Å². The molecule has 4 atom stereocenters. The maximum atomic E-state index is 12.5. The van der Waals surface area contributed by atoms with Crippen LogP contribution in [0.1, 0.15) is 36.3 Å². The first-order valence-corrected chi connectivity index (χ1v) is 11.2. The number of aliphatic carboxylic acids is 1. The predicted molar refractivity (Wildman–Crippen MR) is 118 cm³/mol. The van der Waals surface area contributed by atoms with Crippen LogP contribution in [0.2, 0.25) is 0 Å². The van der Waals surface area contributed by atoms with E-state index >= 15 is 0 Å². The van der Waals surface area contributed by atoms with Crippen molar-refractivity contribution in [3.05, 3.63) is 59.7 Å². The maximum absolute atomic E-state index is 12.5. The van der Waals surface area contributed by atoms with E-state index in [2.05, 4.69) is 34.9 Å². The molecule has 0 bridgehead atoms. The lowest BCUT2D eigenvalue weighted by atomic mass is 9.98. The Hall–Kier alpha value is -3.39. The van der Waals surface area contributed by atoms with Crippen molar-refractivity contribution in [1.82, 2.24) is 10.6 Å². The summed E-state index contributed by atoms with van der Waals surface area (Å²) in [6, 6.07) is 16.1. The summed E-state index contributed by atoms with van der Waals surface area (Å²) in [7, 11) is 0. The molecule has 33 heavy (non-hydrogen) atoms. The topological polar surface area (TPSA) is 125 Å². The number of nitrogens with one attached hydrogen (secondary N) is 2. The van der Waals surface area contributed by atoms with Crippen molar-refractivity contribution in [2.24, 2.45) is 11.3 Å². The second-order valence-electron chi connectivity index (χ2n) is 9.23. The lowest BCUT2D eigenvalue weighted by Gasteiger charge is -2.19. The molecule has 5 rings (SSSR count). The van der Waals surface area contributed by atoms with E-state index in [0.29, 0.717) is 19.3 Å². The van der Waals surface area contributed by atoms with Crippen molar-refractivity contribution in [3.63, 3.8) is 0 Å². The molecule has 2 aromatic carbocycles. The van der Waals surface area contributed by atoms with Crippen LogP contribution in [0.15, 0.2) is 48.5 Å². The van der Waals surface area contributed by atoms with Crippen molar-refractivity contribution in [2.75, 3.05) is 13.2 Å². The zero-order valence-electron chi connectivity index (χ0n) is 18.0. The molecule has 0 aliphatic heterocycles. The molecule has 172 valence electrons. The van der Waals surface area contributed by atoms with Crippen LogP contribution < -0.4 is 10.6 Å². The van der Waals surface area contributed by atoms with Gasteiger partial charge in [0.15, 0.2) is 6.10 Å². The van der Waals surface area contributed by atoms with Crippen molar-refractivity contribution < 1.29 is 29.3 Å². The molecule has 8 nitrogen and oxygen atoms in total. The number of carboxylic acid groups (broad SMARTS) is 1. The van der Waals surface area contributed by atoms with Crippen LogP contribution in [0.3, 0.4) is 0 Å². The molecule has 2 fully saturated rings.